The fraction of sp³-hybridized carbons (Fsp3) is 0.381. The number of aromatic nitrogens is 1. The van der Waals surface area contributed by atoms with Crippen LogP contribution in [0.5, 0.6) is 0 Å². The topological polar surface area (TPSA) is 112 Å². The molecular formula is C21H20F4N4O3S. The second kappa shape index (κ2) is 9.44. The van der Waals surface area contributed by atoms with Gasteiger partial charge in [0, 0.05) is 12.4 Å². The van der Waals surface area contributed by atoms with Crippen molar-refractivity contribution in [2.45, 2.75) is 42.4 Å². The average Bonchev–Trinajstić information content (AvgIpc) is 3.51. The molecule has 1 aliphatic carbocycles. The van der Waals surface area contributed by atoms with Crippen molar-refractivity contribution in [3.05, 3.63) is 65.7 Å². The third-order valence-electron chi connectivity index (χ3n) is 5.07. The number of nitrogens with one attached hydrogen (secondary N) is 2. The van der Waals surface area contributed by atoms with E-state index in [1.54, 1.807) is 0 Å². The first-order valence-corrected chi connectivity index (χ1v) is 11.7. The number of nitrogens with zero attached hydrogens (tertiary/aromatic N) is 2. The molecule has 7 nitrogen and oxygen atoms in total. The maximum absolute atomic E-state index is 13.8. The molecule has 176 valence electrons. The number of carbonyl (C=O) groups excluding carboxylic acids is 1. The molecule has 3 rings (SSSR count). The van der Waals surface area contributed by atoms with Crippen molar-refractivity contribution < 1.29 is 30.8 Å². The lowest BCUT2D eigenvalue weighted by atomic mass is 10.0. The fourth-order valence-corrected chi connectivity index (χ4v) is 4.75. The Morgan fingerprint density at radius 2 is 1.88 bits per heavy atom. The van der Waals surface area contributed by atoms with E-state index < -0.39 is 62.4 Å². The smallest absolute Gasteiger partial charge is 0.336 e. The highest BCUT2D eigenvalue weighted by atomic mass is 32.2. The number of alkyl halides is 3. The summed E-state index contributed by atoms with van der Waals surface area (Å²) in [6, 6.07) is 4.07. The van der Waals surface area contributed by atoms with Crippen LogP contribution in [0, 0.1) is 17.1 Å². The Labute approximate surface area is 187 Å². The molecule has 0 saturated heterocycles. The maximum atomic E-state index is 13.8. The molecule has 1 amide bonds. The first-order chi connectivity index (χ1) is 15.4. The lowest BCUT2D eigenvalue weighted by molar-refractivity contribution is -0.160. The van der Waals surface area contributed by atoms with Gasteiger partial charge in [-0.05, 0) is 42.2 Å². The summed E-state index contributed by atoms with van der Waals surface area (Å²) in [4.78, 5) is 16.6. The van der Waals surface area contributed by atoms with Crippen molar-refractivity contribution in [3.63, 3.8) is 0 Å². The molecule has 2 atom stereocenters. The van der Waals surface area contributed by atoms with E-state index in [0.29, 0.717) is 18.4 Å². The minimum atomic E-state index is -4.92. The van der Waals surface area contributed by atoms with Crippen LogP contribution in [0.1, 0.15) is 30.0 Å². The third kappa shape index (κ3) is 6.72. The molecule has 0 bridgehead atoms. The van der Waals surface area contributed by atoms with Crippen LogP contribution < -0.4 is 10.6 Å². The lowest BCUT2D eigenvalue weighted by Crippen LogP contribution is -2.54. The van der Waals surface area contributed by atoms with E-state index in [0.717, 1.165) is 24.3 Å². The van der Waals surface area contributed by atoms with Crippen molar-refractivity contribution in [3.8, 4) is 6.07 Å². The van der Waals surface area contributed by atoms with Gasteiger partial charge in [0.1, 0.15) is 23.4 Å². The quantitative estimate of drug-likeness (QED) is 0.529. The first kappa shape index (κ1) is 24.6. The van der Waals surface area contributed by atoms with Gasteiger partial charge in [-0.15, -0.1) is 0 Å². The van der Waals surface area contributed by atoms with Crippen LogP contribution in [-0.2, 0) is 20.4 Å². The molecule has 1 saturated carbocycles. The summed E-state index contributed by atoms with van der Waals surface area (Å²) in [7, 11) is -4.07. The van der Waals surface area contributed by atoms with Crippen molar-refractivity contribution in [1.29, 1.82) is 5.26 Å². The molecule has 0 aliphatic heterocycles. The van der Waals surface area contributed by atoms with Crippen LogP contribution in [0.2, 0.25) is 0 Å². The van der Waals surface area contributed by atoms with Crippen LogP contribution in [0.15, 0.2) is 48.8 Å². The molecule has 0 spiro atoms. The number of hydrogen-bond acceptors (Lipinski definition) is 6. The van der Waals surface area contributed by atoms with Gasteiger partial charge in [-0.3, -0.25) is 15.1 Å². The number of carbonyl (C=O) groups is 1. The number of halogens is 4. The number of rotatable bonds is 9. The van der Waals surface area contributed by atoms with Gasteiger partial charge in [-0.1, -0.05) is 18.2 Å². The van der Waals surface area contributed by atoms with Gasteiger partial charge >= 0.3 is 6.18 Å². The molecule has 2 aromatic rings. The van der Waals surface area contributed by atoms with Crippen LogP contribution >= 0.6 is 0 Å². The highest BCUT2D eigenvalue weighted by molar-refractivity contribution is 7.90. The zero-order valence-corrected chi connectivity index (χ0v) is 18.0. The zero-order valence-electron chi connectivity index (χ0n) is 17.1. The molecule has 0 radical (unpaired) electrons. The van der Waals surface area contributed by atoms with Gasteiger partial charge in [0.25, 0.3) is 0 Å². The van der Waals surface area contributed by atoms with Gasteiger partial charge in [-0.2, -0.15) is 18.4 Å². The van der Waals surface area contributed by atoms with E-state index in [2.05, 4.69) is 15.6 Å². The van der Waals surface area contributed by atoms with Gasteiger partial charge in [-0.25, -0.2) is 12.8 Å². The molecule has 1 aromatic heterocycles. The second-order valence-electron chi connectivity index (χ2n) is 7.84. The predicted molar refractivity (Wildman–Crippen MR) is 110 cm³/mol. The Balaban J connectivity index is 1.89. The Kier molecular flexibility index (Phi) is 7.04. The number of hydrogen-bond donors (Lipinski definition) is 2. The van der Waals surface area contributed by atoms with Gasteiger partial charge in [0.2, 0.25) is 5.91 Å². The number of benzene rings is 1. The Morgan fingerprint density at radius 1 is 1.21 bits per heavy atom. The summed E-state index contributed by atoms with van der Waals surface area (Å²) in [5.41, 5.74) is -1.31. The number of sulfone groups is 1. The summed E-state index contributed by atoms with van der Waals surface area (Å²) < 4.78 is 80.2. The maximum Gasteiger partial charge on any atom is 0.407 e. The molecule has 2 N–H and O–H groups in total. The molecule has 1 aromatic carbocycles. The molecular weight excluding hydrogens is 464 g/mol. The summed E-state index contributed by atoms with van der Waals surface area (Å²) in [6.45, 7) is 0. The Morgan fingerprint density at radius 3 is 2.39 bits per heavy atom. The minimum absolute atomic E-state index is 0.304. The molecule has 12 heteroatoms. The summed E-state index contributed by atoms with van der Waals surface area (Å²) in [6.07, 6.45) is -1.57. The zero-order chi connectivity index (χ0) is 24.3. The molecule has 0 unspecified atom stereocenters. The SMILES string of the molecule is N#CC1(NC(=O)[C@H](CS(=O)(=O)Cc2cccnc2)N[C@H](c2ccc(F)cc2)C(F)(F)F)CC1. The third-order valence-corrected chi connectivity index (χ3v) is 6.69. The highest BCUT2D eigenvalue weighted by Crippen LogP contribution is 2.35. The number of nitriles is 1. The molecule has 1 aliphatic rings. The molecule has 33 heavy (non-hydrogen) atoms. The molecule has 1 fully saturated rings. The van der Waals surface area contributed by atoms with E-state index in [1.807, 2.05) is 6.07 Å². The Bertz CT molecular complexity index is 1130. The van der Waals surface area contributed by atoms with E-state index in [4.69, 9.17) is 0 Å². The fourth-order valence-electron chi connectivity index (χ4n) is 3.20. The van der Waals surface area contributed by atoms with Crippen LogP contribution in [-0.4, -0.2) is 42.8 Å². The van der Waals surface area contributed by atoms with Crippen LogP contribution in [0.3, 0.4) is 0 Å². The van der Waals surface area contributed by atoms with Gasteiger partial charge in [0.05, 0.1) is 17.6 Å². The van der Waals surface area contributed by atoms with Gasteiger partial charge in [0.15, 0.2) is 9.84 Å². The first-order valence-electron chi connectivity index (χ1n) is 9.84. The van der Waals surface area contributed by atoms with E-state index in [-0.39, 0.29) is 0 Å². The summed E-state index contributed by atoms with van der Waals surface area (Å²) in [5, 5.41) is 13.6. The second-order valence-corrected chi connectivity index (χ2v) is 9.95. The molecule has 1 heterocycles. The average molecular weight is 484 g/mol. The largest absolute Gasteiger partial charge is 0.407 e. The van der Waals surface area contributed by atoms with Crippen molar-refractivity contribution in [2.75, 3.05) is 5.75 Å². The van der Waals surface area contributed by atoms with Crippen LogP contribution in [0.25, 0.3) is 0 Å². The number of amides is 1. The number of pyridine rings is 1. The van der Waals surface area contributed by atoms with Crippen LogP contribution in [0.4, 0.5) is 17.6 Å². The minimum Gasteiger partial charge on any atom is -0.336 e. The van der Waals surface area contributed by atoms with Crippen molar-refractivity contribution in [1.82, 2.24) is 15.6 Å². The van der Waals surface area contributed by atoms with E-state index >= 15 is 0 Å². The van der Waals surface area contributed by atoms with Crippen molar-refractivity contribution >= 4 is 15.7 Å². The normalized spacial score (nSPS) is 16.9. The predicted octanol–water partition coefficient (Wildman–Crippen LogP) is 2.57. The summed E-state index contributed by atoms with van der Waals surface area (Å²) >= 11 is 0. The van der Waals surface area contributed by atoms with Crippen molar-refractivity contribution in [2.24, 2.45) is 0 Å². The standard InChI is InChI=1S/C21H20F4N4O3S/c22-16-5-3-15(4-6-16)18(21(23,24)25)28-17(19(30)29-20(13-26)7-8-20)12-33(31,32)11-14-2-1-9-27-10-14/h1-6,9-10,17-18,28H,7-8,11-12H2,(H,29,30)/t17-,18+/m0/s1. The van der Waals surface area contributed by atoms with E-state index in [9.17, 15) is 36.0 Å². The Hall–Kier alpha value is -3.04. The van der Waals surface area contributed by atoms with E-state index in [1.165, 1.54) is 24.5 Å². The lowest BCUT2D eigenvalue weighted by Gasteiger charge is -2.28. The monoisotopic (exact) mass is 484 g/mol. The summed E-state index contributed by atoms with van der Waals surface area (Å²) in [5.74, 6) is -3.29. The highest BCUT2D eigenvalue weighted by Gasteiger charge is 2.48. The van der Waals surface area contributed by atoms with Gasteiger partial charge < -0.3 is 5.32 Å².